The van der Waals surface area contributed by atoms with Crippen molar-refractivity contribution in [2.24, 2.45) is 5.41 Å². The van der Waals surface area contributed by atoms with E-state index in [1.165, 1.54) is 0 Å². The van der Waals surface area contributed by atoms with Crippen LogP contribution in [0.4, 0.5) is 0 Å². The predicted molar refractivity (Wildman–Crippen MR) is 70.0 cm³/mol. The molecule has 0 aromatic carbocycles. The fourth-order valence-electron chi connectivity index (χ4n) is 1.65. The van der Waals surface area contributed by atoms with Crippen LogP contribution in [0.3, 0.4) is 0 Å². The van der Waals surface area contributed by atoms with Gasteiger partial charge in [-0.2, -0.15) is 0 Å². The van der Waals surface area contributed by atoms with Crippen molar-refractivity contribution in [3.05, 3.63) is 0 Å². The Kier molecular flexibility index (Phi) is 11.8. The molecule has 0 radical (unpaired) electrons. The number of hydrogen-bond donors (Lipinski definition) is 6. The fourth-order valence-corrected chi connectivity index (χ4v) is 2.13. The molecule has 2 atom stereocenters. The molecule has 0 aliphatic heterocycles. The highest BCUT2D eigenvalue weighted by atomic mass is 31.2. The molecule has 11 heteroatoms. The van der Waals surface area contributed by atoms with E-state index in [9.17, 15) is 14.2 Å². The van der Waals surface area contributed by atoms with E-state index >= 15 is 0 Å². The zero-order chi connectivity index (χ0) is 16.4. The Morgan fingerprint density at radius 2 is 1.20 bits per heavy atom. The molecule has 0 aliphatic rings. The molecule has 0 saturated heterocycles. The van der Waals surface area contributed by atoms with Gasteiger partial charge in [-0.05, 0) is 12.8 Å². The Balaban J connectivity index is 0. The van der Waals surface area contributed by atoms with Crippen LogP contribution in [0.2, 0.25) is 0 Å². The summed E-state index contributed by atoms with van der Waals surface area (Å²) in [7, 11) is -5.85. The Labute approximate surface area is 118 Å². The first-order chi connectivity index (χ1) is 9.18. The molecule has 0 saturated carbocycles. The highest BCUT2D eigenvalue weighted by molar-refractivity contribution is 7.46. The van der Waals surface area contributed by atoms with E-state index in [2.05, 4.69) is 4.31 Å². The number of rotatable bonds is 8. The van der Waals surface area contributed by atoms with E-state index in [0.29, 0.717) is 12.8 Å². The molecule has 0 amide bonds. The van der Waals surface area contributed by atoms with Crippen LogP contribution in [0.25, 0.3) is 0 Å². The molecule has 0 heterocycles. The minimum absolute atomic E-state index is 0.394. The van der Waals surface area contributed by atoms with Gasteiger partial charge in [-0.1, -0.05) is 13.8 Å². The molecule has 0 rings (SSSR count). The van der Waals surface area contributed by atoms with Gasteiger partial charge in [-0.3, -0.25) is 0 Å². The topological polar surface area (TPSA) is 165 Å². The van der Waals surface area contributed by atoms with Crippen LogP contribution in [0.5, 0.6) is 0 Å². The molecular formula is C9H22O9P2+2. The SMILES string of the molecule is CCC(O)(CC)C(CO)(CO)CO.O=[P+](O)O[P+](=O)O. The van der Waals surface area contributed by atoms with E-state index in [1.807, 2.05) is 0 Å². The van der Waals surface area contributed by atoms with Crippen LogP contribution in [0.15, 0.2) is 0 Å². The summed E-state index contributed by atoms with van der Waals surface area (Å²) in [5.41, 5.74) is -2.40. The van der Waals surface area contributed by atoms with Gasteiger partial charge in [0.05, 0.1) is 30.8 Å². The third-order valence-corrected chi connectivity index (χ3v) is 4.32. The average molecular weight is 336 g/mol. The lowest BCUT2D eigenvalue weighted by Gasteiger charge is -2.43. The Morgan fingerprint density at radius 3 is 1.25 bits per heavy atom. The standard InChI is InChI=1S/C9H20O4.O5P2/c1-3-9(13,4-2)8(5-10,6-11)7-12;1-6(2)5-7(3)4/h10-13H,3-7H2,1-2H3;/p+2. The number of aliphatic hydroxyl groups excluding tert-OH is 3. The molecule has 0 bridgehead atoms. The van der Waals surface area contributed by atoms with Gasteiger partial charge < -0.3 is 20.4 Å². The van der Waals surface area contributed by atoms with Crippen molar-refractivity contribution in [3.63, 3.8) is 0 Å². The second-order valence-electron chi connectivity index (χ2n) is 4.05. The lowest BCUT2D eigenvalue weighted by molar-refractivity contribution is -0.156. The Bertz CT molecular complexity index is 282. The third-order valence-electron chi connectivity index (χ3n) is 3.20. The molecule has 0 aromatic rings. The maximum absolute atomic E-state index is 10.1. The van der Waals surface area contributed by atoms with Crippen molar-refractivity contribution in [1.82, 2.24) is 0 Å². The summed E-state index contributed by atoms with van der Waals surface area (Å²) in [6.45, 7) is 2.27. The first kappa shape index (κ1) is 22.2. The van der Waals surface area contributed by atoms with Crippen molar-refractivity contribution >= 4 is 16.5 Å². The van der Waals surface area contributed by atoms with Crippen molar-refractivity contribution in [1.29, 1.82) is 0 Å². The van der Waals surface area contributed by atoms with Crippen LogP contribution in [-0.2, 0) is 13.4 Å². The van der Waals surface area contributed by atoms with Crippen LogP contribution in [0.1, 0.15) is 26.7 Å². The first-order valence-corrected chi connectivity index (χ1v) is 8.00. The predicted octanol–water partition coefficient (Wildman–Crippen LogP) is -0.197. The van der Waals surface area contributed by atoms with E-state index in [0.717, 1.165) is 0 Å². The molecule has 0 fully saturated rings. The van der Waals surface area contributed by atoms with Gasteiger partial charge in [-0.25, -0.2) is 0 Å². The minimum Gasteiger partial charge on any atom is -0.395 e. The molecule has 0 aromatic heterocycles. The second-order valence-corrected chi connectivity index (χ2v) is 5.66. The van der Waals surface area contributed by atoms with Crippen molar-refractivity contribution in [2.75, 3.05) is 19.8 Å². The van der Waals surface area contributed by atoms with Gasteiger partial charge in [-0.15, -0.1) is 9.79 Å². The molecule has 0 spiro atoms. The highest BCUT2D eigenvalue weighted by Crippen LogP contribution is 2.36. The Hall–Kier alpha value is -0.0800. The summed E-state index contributed by atoms with van der Waals surface area (Å²) in [5.74, 6) is 0. The fraction of sp³-hybridized carbons (Fsp3) is 1.00. The van der Waals surface area contributed by atoms with Crippen molar-refractivity contribution < 1.29 is 43.7 Å². The number of hydrogen-bond acceptors (Lipinski definition) is 7. The molecule has 6 N–H and O–H groups in total. The summed E-state index contributed by atoms with van der Waals surface area (Å²) in [5, 5.41) is 37.3. The van der Waals surface area contributed by atoms with Crippen LogP contribution in [0, 0.1) is 5.41 Å². The monoisotopic (exact) mass is 336 g/mol. The first-order valence-electron chi connectivity index (χ1n) is 5.73. The van der Waals surface area contributed by atoms with Gasteiger partial charge in [0.25, 0.3) is 0 Å². The average Bonchev–Trinajstić information content (AvgIpc) is 2.40. The lowest BCUT2D eigenvalue weighted by atomic mass is 9.70. The van der Waals surface area contributed by atoms with Crippen LogP contribution in [-0.4, -0.2) is 55.6 Å². The quantitative estimate of drug-likeness (QED) is 0.329. The van der Waals surface area contributed by atoms with E-state index in [-0.39, 0.29) is 0 Å². The highest BCUT2D eigenvalue weighted by Gasteiger charge is 2.47. The van der Waals surface area contributed by atoms with Gasteiger partial charge in [0.1, 0.15) is 0 Å². The van der Waals surface area contributed by atoms with Crippen LogP contribution < -0.4 is 0 Å². The summed E-state index contributed by atoms with van der Waals surface area (Å²) < 4.78 is 22.2. The second kappa shape index (κ2) is 10.6. The zero-order valence-electron chi connectivity index (χ0n) is 11.3. The maximum atomic E-state index is 10.1. The van der Waals surface area contributed by atoms with Crippen LogP contribution >= 0.6 is 16.5 Å². The van der Waals surface area contributed by atoms with E-state index in [1.54, 1.807) is 13.8 Å². The molecular weight excluding hydrogens is 314 g/mol. The smallest absolute Gasteiger partial charge is 0.395 e. The molecule has 9 nitrogen and oxygen atoms in total. The third kappa shape index (κ3) is 6.58. The molecule has 0 aliphatic carbocycles. The summed E-state index contributed by atoms with van der Waals surface area (Å²) in [6.07, 6.45) is 0.788. The zero-order valence-corrected chi connectivity index (χ0v) is 13.1. The largest absolute Gasteiger partial charge is 0.745 e. The summed E-state index contributed by atoms with van der Waals surface area (Å²) >= 11 is 0. The van der Waals surface area contributed by atoms with Gasteiger partial charge in [0.2, 0.25) is 0 Å². The summed E-state index contributed by atoms with van der Waals surface area (Å²) in [6, 6.07) is 0. The summed E-state index contributed by atoms with van der Waals surface area (Å²) in [4.78, 5) is 15.3. The Morgan fingerprint density at radius 1 is 0.900 bits per heavy atom. The van der Waals surface area contributed by atoms with Crippen molar-refractivity contribution in [3.8, 4) is 0 Å². The van der Waals surface area contributed by atoms with E-state index in [4.69, 9.17) is 25.1 Å². The van der Waals surface area contributed by atoms with E-state index < -0.39 is 47.3 Å². The minimum atomic E-state index is -2.92. The number of aliphatic hydroxyl groups is 4. The molecule has 120 valence electrons. The van der Waals surface area contributed by atoms with Gasteiger partial charge in [0.15, 0.2) is 4.31 Å². The van der Waals surface area contributed by atoms with Gasteiger partial charge >= 0.3 is 16.5 Å². The normalized spacial score (nSPS) is 13.4. The molecule has 20 heavy (non-hydrogen) atoms. The molecule has 2 unspecified atom stereocenters. The maximum Gasteiger partial charge on any atom is 0.745 e. The van der Waals surface area contributed by atoms with Crippen molar-refractivity contribution in [2.45, 2.75) is 32.3 Å². The van der Waals surface area contributed by atoms with Gasteiger partial charge in [0, 0.05) is 9.13 Å². The lowest BCUT2D eigenvalue weighted by Crippen LogP contribution is -2.54.